The maximum absolute atomic E-state index is 6.11. The van der Waals surface area contributed by atoms with Crippen LogP contribution in [0.5, 0.6) is 0 Å². The van der Waals surface area contributed by atoms with Crippen LogP contribution < -0.4 is 5.73 Å². The summed E-state index contributed by atoms with van der Waals surface area (Å²) in [5.74, 6) is 0. The van der Waals surface area contributed by atoms with Gasteiger partial charge in [-0.05, 0) is 31.9 Å². The van der Waals surface area contributed by atoms with Gasteiger partial charge in [0.15, 0.2) is 0 Å². The summed E-state index contributed by atoms with van der Waals surface area (Å²) in [5, 5.41) is 0. The van der Waals surface area contributed by atoms with Crippen molar-refractivity contribution in [2.24, 2.45) is 0 Å². The minimum atomic E-state index is 0.882. The summed E-state index contributed by atoms with van der Waals surface area (Å²) in [7, 11) is 0. The molecule has 1 nitrogen and oxygen atoms in total. The van der Waals surface area contributed by atoms with Gasteiger partial charge in [0.2, 0.25) is 0 Å². The number of para-hydroxylation sites is 1. The molecule has 0 saturated heterocycles. The van der Waals surface area contributed by atoms with Gasteiger partial charge in [0.25, 0.3) is 0 Å². The smallest absolute Gasteiger partial charge is 0.0423 e. The topological polar surface area (TPSA) is 26.0 Å². The van der Waals surface area contributed by atoms with E-state index in [0.29, 0.717) is 0 Å². The molecular formula is C15H17N. The normalized spacial score (nSPS) is 10.4. The molecule has 0 unspecified atom stereocenters. The molecule has 0 aliphatic rings. The zero-order valence-electron chi connectivity index (χ0n) is 10.0. The Morgan fingerprint density at radius 1 is 0.875 bits per heavy atom. The van der Waals surface area contributed by atoms with E-state index in [1.165, 1.54) is 16.7 Å². The Balaban J connectivity index is 2.63. The highest BCUT2D eigenvalue weighted by Crippen LogP contribution is 2.29. The van der Waals surface area contributed by atoms with Crippen LogP contribution in [0.15, 0.2) is 36.4 Å². The van der Waals surface area contributed by atoms with Gasteiger partial charge in [-0.1, -0.05) is 47.5 Å². The zero-order valence-corrected chi connectivity index (χ0v) is 10.0. The average Bonchev–Trinajstić information content (AvgIpc) is 2.20. The first-order valence-electron chi connectivity index (χ1n) is 5.51. The summed E-state index contributed by atoms with van der Waals surface area (Å²) in [5.41, 5.74) is 13.0. The van der Waals surface area contributed by atoms with Gasteiger partial charge < -0.3 is 5.73 Å². The molecule has 0 amide bonds. The molecule has 2 aromatic rings. The van der Waals surface area contributed by atoms with Gasteiger partial charge in [0.1, 0.15) is 0 Å². The monoisotopic (exact) mass is 211 g/mol. The summed E-state index contributed by atoms with van der Waals surface area (Å²) < 4.78 is 0. The van der Waals surface area contributed by atoms with Crippen LogP contribution in [0, 0.1) is 20.8 Å². The third-order valence-corrected chi connectivity index (χ3v) is 2.86. The molecule has 0 aliphatic carbocycles. The summed E-state index contributed by atoms with van der Waals surface area (Å²) >= 11 is 0. The summed E-state index contributed by atoms with van der Waals surface area (Å²) in [6.07, 6.45) is 0. The third kappa shape index (κ3) is 1.94. The van der Waals surface area contributed by atoms with Crippen LogP contribution in [0.3, 0.4) is 0 Å². The highest BCUT2D eigenvalue weighted by Gasteiger charge is 2.05. The number of nitrogen functional groups attached to an aromatic ring is 1. The number of hydrogen-bond acceptors (Lipinski definition) is 1. The summed E-state index contributed by atoms with van der Waals surface area (Å²) in [6, 6.07) is 12.7. The zero-order chi connectivity index (χ0) is 11.7. The first kappa shape index (κ1) is 10.7. The number of anilines is 1. The lowest BCUT2D eigenvalue weighted by atomic mass is 9.98. The van der Waals surface area contributed by atoms with E-state index < -0.39 is 0 Å². The third-order valence-electron chi connectivity index (χ3n) is 2.86. The quantitative estimate of drug-likeness (QED) is 0.712. The molecule has 0 aromatic heterocycles. The Morgan fingerprint density at radius 2 is 1.50 bits per heavy atom. The Bertz CT molecular complexity index is 507. The van der Waals surface area contributed by atoms with Gasteiger partial charge in [-0.3, -0.25) is 0 Å². The minimum absolute atomic E-state index is 0.882. The Morgan fingerprint density at radius 3 is 2.12 bits per heavy atom. The number of hydrogen-bond donors (Lipinski definition) is 1. The first-order valence-corrected chi connectivity index (χ1v) is 5.51. The van der Waals surface area contributed by atoms with Gasteiger partial charge in [0, 0.05) is 11.3 Å². The predicted molar refractivity (Wildman–Crippen MR) is 70.5 cm³/mol. The molecule has 0 fully saturated rings. The number of benzene rings is 2. The van der Waals surface area contributed by atoms with E-state index in [0.717, 1.165) is 16.8 Å². The van der Waals surface area contributed by atoms with E-state index in [4.69, 9.17) is 5.73 Å². The van der Waals surface area contributed by atoms with Gasteiger partial charge >= 0.3 is 0 Å². The molecule has 2 aromatic carbocycles. The molecule has 0 saturated carbocycles. The van der Waals surface area contributed by atoms with Crippen LogP contribution in [0.25, 0.3) is 11.1 Å². The van der Waals surface area contributed by atoms with Crippen molar-refractivity contribution in [1.82, 2.24) is 0 Å². The van der Waals surface area contributed by atoms with Crippen LogP contribution in [0.4, 0.5) is 5.69 Å². The van der Waals surface area contributed by atoms with Crippen molar-refractivity contribution < 1.29 is 0 Å². The second-order valence-electron chi connectivity index (χ2n) is 4.41. The van der Waals surface area contributed by atoms with Crippen LogP contribution >= 0.6 is 0 Å². The lowest BCUT2D eigenvalue weighted by molar-refractivity contribution is 1.38. The standard InChI is InChI=1S/C15H17N/c1-10-7-11(2)9-13(8-10)14-6-4-5-12(3)15(14)16/h4-9H,16H2,1-3H3. The van der Waals surface area contributed by atoms with Crippen LogP contribution in [0.1, 0.15) is 16.7 Å². The summed E-state index contributed by atoms with van der Waals surface area (Å²) in [4.78, 5) is 0. The van der Waals surface area contributed by atoms with E-state index in [2.05, 4.69) is 44.2 Å². The minimum Gasteiger partial charge on any atom is -0.398 e. The van der Waals surface area contributed by atoms with Crippen LogP contribution in [-0.4, -0.2) is 0 Å². The van der Waals surface area contributed by atoms with Crippen molar-refractivity contribution in [2.75, 3.05) is 5.73 Å². The number of nitrogens with two attached hydrogens (primary N) is 1. The molecule has 16 heavy (non-hydrogen) atoms. The molecule has 0 atom stereocenters. The Hall–Kier alpha value is -1.76. The largest absolute Gasteiger partial charge is 0.398 e. The molecule has 1 heteroatoms. The summed E-state index contributed by atoms with van der Waals surface area (Å²) in [6.45, 7) is 6.27. The maximum atomic E-state index is 6.11. The van der Waals surface area contributed by atoms with E-state index >= 15 is 0 Å². The molecule has 2 N–H and O–H groups in total. The SMILES string of the molecule is Cc1cc(C)cc(-c2cccc(C)c2N)c1. The van der Waals surface area contributed by atoms with Crippen molar-refractivity contribution in [3.8, 4) is 11.1 Å². The Labute approximate surface area is 96.9 Å². The Kier molecular flexibility index (Phi) is 2.69. The van der Waals surface area contributed by atoms with Crippen molar-refractivity contribution in [2.45, 2.75) is 20.8 Å². The average molecular weight is 211 g/mol. The van der Waals surface area contributed by atoms with Crippen molar-refractivity contribution in [3.63, 3.8) is 0 Å². The second kappa shape index (κ2) is 4.01. The first-order chi connectivity index (χ1) is 7.58. The van der Waals surface area contributed by atoms with Gasteiger partial charge in [-0.2, -0.15) is 0 Å². The fourth-order valence-corrected chi connectivity index (χ4v) is 2.06. The van der Waals surface area contributed by atoms with Crippen molar-refractivity contribution in [1.29, 1.82) is 0 Å². The fraction of sp³-hybridized carbons (Fsp3) is 0.200. The van der Waals surface area contributed by atoms with E-state index in [9.17, 15) is 0 Å². The molecule has 0 spiro atoms. The van der Waals surface area contributed by atoms with Gasteiger partial charge in [-0.25, -0.2) is 0 Å². The van der Waals surface area contributed by atoms with E-state index in [-0.39, 0.29) is 0 Å². The molecule has 2 rings (SSSR count). The molecule has 0 radical (unpaired) electrons. The second-order valence-corrected chi connectivity index (χ2v) is 4.41. The molecular weight excluding hydrogens is 194 g/mol. The van der Waals surface area contributed by atoms with Gasteiger partial charge in [0.05, 0.1) is 0 Å². The van der Waals surface area contributed by atoms with Crippen molar-refractivity contribution >= 4 is 5.69 Å². The lowest BCUT2D eigenvalue weighted by Gasteiger charge is -2.10. The predicted octanol–water partition coefficient (Wildman–Crippen LogP) is 3.86. The molecule has 82 valence electrons. The van der Waals surface area contributed by atoms with E-state index in [1.54, 1.807) is 0 Å². The van der Waals surface area contributed by atoms with Crippen molar-refractivity contribution in [3.05, 3.63) is 53.1 Å². The molecule has 0 heterocycles. The number of rotatable bonds is 1. The molecule has 0 aliphatic heterocycles. The lowest BCUT2D eigenvalue weighted by Crippen LogP contribution is -1.93. The number of aryl methyl sites for hydroxylation is 3. The van der Waals surface area contributed by atoms with Crippen LogP contribution in [-0.2, 0) is 0 Å². The van der Waals surface area contributed by atoms with Gasteiger partial charge in [-0.15, -0.1) is 0 Å². The van der Waals surface area contributed by atoms with E-state index in [1.807, 2.05) is 13.0 Å². The maximum Gasteiger partial charge on any atom is 0.0423 e. The highest BCUT2D eigenvalue weighted by molar-refractivity contribution is 5.79. The highest BCUT2D eigenvalue weighted by atomic mass is 14.6. The fourth-order valence-electron chi connectivity index (χ4n) is 2.06. The molecule has 0 bridgehead atoms. The van der Waals surface area contributed by atoms with Crippen LogP contribution in [0.2, 0.25) is 0 Å².